The highest BCUT2D eigenvalue weighted by Crippen LogP contribution is 2.35. The number of rotatable bonds is 11. The number of oxime groups is 1. The zero-order valence-corrected chi connectivity index (χ0v) is 19.7. The van der Waals surface area contributed by atoms with Crippen molar-refractivity contribution in [1.82, 2.24) is 0 Å². The molecule has 0 radical (unpaired) electrons. The molecule has 0 amide bonds. The van der Waals surface area contributed by atoms with Crippen molar-refractivity contribution < 1.29 is 29.3 Å². The lowest BCUT2D eigenvalue weighted by Crippen LogP contribution is -2.08. The molecule has 0 aliphatic carbocycles. The molecule has 0 unspecified atom stereocenters. The minimum atomic E-state index is -0.411. The minimum absolute atomic E-state index is 0.0883. The number of nitrogens with zero attached hydrogens (tertiary/aromatic N) is 1. The van der Waals surface area contributed by atoms with Gasteiger partial charge in [-0.05, 0) is 44.0 Å². The lowest BCUT2D eigenvalue weighted by atomic mass is 9.99. The van der Waals surface area contributed by atoms with E-state index >= 15 is 0 Å². The Kier molecular flexibility index (Phi) is 9.65. The molecule has 2 aromatic carbocycles. The molecule has 174 valence electrons. The molecule has 0 fully saturated rings. The number of carbonyl (C=O) groups is 1. The molecule has 2 N–H and O–H groups in total. The Bertz CT molecular complexity index is 973. The fraction of sp³-hybridized carbons (Fsp3) is 0.417. The van der Waals surface area contributed by atoms with E-state index < -0.39 is 5.97 Å². The van der Waals surface area contributed by atoms with Crippen molar-refractivity contribution in [3.05, 3.63) is 46.0 Å². The van der Waals surface area contributed by atoms with Gasteiger partial charge in [0.05, 0.1) is 23.9 Å². The zero-order chi connectivity index (χ0) is 23.7. The number of hydrogen-bond donors (Lipinski definition) is 2. The van der Waals surface area contributed by atoms with Gasteiger partial charge in [0.15, 0.2) is 0 Å². The Morgan fingerprint density at radius 2 is 1.69 bits per heavy atom. The van der Waals surface area contributed by atoms with Crippen molar-refractivity contribution in [2.75, 3.05) is 13.2 Å². The van der Waals surface area contributed by atoms with Crippen molar-refractivity contribution in [2.24, 2.45) is 5.16 Å². The van der Waals surface area contributed by atoms with Crippen molar-refractivity contribution in [2.45, 2.75) is 53.4 Å². The maximum absolute atomic E-state index is 11.1. The lowest BCUT2D eigenvalue weighted by Gasteiger charge is -2.16. The highest BCUT2D eigenvalue weighted by atomic mass is 35.5. The Morgan fingerprint density at radius 3 is 2.28 bits per heavy atom. The van der Waals surface area contributed by atoms with Gasteiger partial charge in [0, 0.05) is 30.0 Å². The summed E-state index contributed by atoms with van der Waals surface area (Å²) in [4.78, 5) is 11.1. The van der Waals surface area contributed by atoms with E-state index in [-0.39, 0.29) is 5.75 Å². The van der Waals surface area contributed by atoms with E-state index in [0.717, 1.165) is 6.42 Å². The number of aromatic hydroxyl groups is 1. The van der Waals surface area contributed by atoms with E-state index in [0.29, 0.717) is 77.1 Å². The molecule has 0 aromatic heterocycles. The van der Waals surface area contributed by atoms with Crippen LogP contribution in [0.3, 0.4) is 0 Å². The van der Waals surface area contributed by atoms with E-state index in [1.54, 1.807) is 31.2 Å². The molecule has 0 aliphatic rings. The van der Waals surface area contributed by atoms with Crippen LogP contribution in [0.15, 0.2) is 29.4 Å². The van der Waals surface area contributed by atoms with Gasteiger partial charge in [-0.3, -0.25) is 4.79 Å². The summed E-state index contributed by atoms with van der Waals surface area (Å²) < 4.78 is 16.8. The molecule has 0 atom stereocenters. The average molecular weight is 464 g/mol. The van der Waals surface area contributed by atoms with E-state index in [1.807, 2.05) is 13.8 Å². The smallest absolute Gasteiger partial charge is 0.308 e. The standard InChI is InChI=1S/C24H30ClNO6/c1-5-8-18-21(10-9-17(24(18)28)19(6-2)26-29)30-13-7-14-31-22-12-11-20(32-16(4)27)15(3)23(22)25/h9-12,28-29H,5-8,13-14H2,1-4H3. The third-order valence-corrected chi connectivity index (χ3v) is 5.33. The monoisotopic (exact) mass is 463 g/mol. The van der Waals surface area contributed by atoms with Gasteiger partial charge in [-0.25, -0.2) is 0 Å². The van der Waals surface area contributed by atoms with Crippen LogP contribution in [0.1, 0.15) is 56.7 Å². The molecule has 0 saturated heterocycles. The van der Waals surface area contributed by atoms with Gasteiger partial charge in [-0.2, -0.15) is 0 Å². The van der Waals surface area contributed by atoms with Gasteiger partial charge in [-0.1, -0.05) is 37.0 Å². The van der Waals surface area contributed by atoms with Crippen LogP contribution in [0.5, 0.6) is 23.0 Å². The molecule has 0 bridgehead atoms. The lowest BCUT2D eigenvalue weighted by molar-refractivity contribution is -0.131. The maximum atomic E-state index is 11.1. The number of phenolic OH excluding ortho intramolecular Hbond substituents is 1. The van der Waals surface area contributed by atoms with Crippen LogP contribution in [0, 0.1) is 6.92 Å². The number of hydrogen-bond acceptors (Lipinski definition) is 7. The predicted octanol–water partition coefficient (Wildman–Crippen LogP) is 5.67. The van der Waals surface area contributed by atoms with E-state index in [2.05, 4.69) is 5.16 Å². The van der Waals surface area contributed by atoms with Gasteiger partial charge in [0.25, 0.3) is 0 Å². The summed E-state index contributed by atoms with van der Waals surface area (Å²) in [5.74, 6) is 1.18. The normalized spacial score (nSPS) is 11.3. The molecule has 0 saturated carbocycles. The first-order valence-electron chi connectivity index (χ1n) is 10.6. The predicted molar refractivity (Wildman–Crippen MR) is 124 cm³/mol. The SMILES string of the molecule is CCCc1c(OCCCOc2ccc(OC(C)=O)c(C)c2Cl)ccc(C(CC)=NO)c1O. The zero-order valence-electron chi connectivity index (χ0n) is 18.9. The summed E-state index contributed by atoms with van der Waals surface area (Å²) >= 11 is 6.32. The van der Waals surface area contributed by atoms with Gasteiger partial charge in [0.1, 0.15) is 23.0 Å². The third-order valence-electron chi connectivity index (χ3n) is 4.87. The minimum Gasteiger partial charge on any atom is -0.507 e. The van der Waals surface area contributed by atoms with Crippen molar-refractivity contribution in [3.63, 3.8) is 0 Å². The fourth-order valence-electron chi connectivity index (χ4n) is 3.24. The molecule has 2 aromatic rings. The number of carbonyl (C=O) groups excluding carboxylic acids is 1. The van der Waals surface area contributed by atoms with E-state index in [1.165, 1.54) is 6.92 Å². The van der Waals surface area contributed by atoms with Crippen LogP contribution < -0.4 is 14.2 Å². The van der Waals surface area contributed by atoms with Crippen LogP contribution in [0.2, 0.25) is 5.02 Å². The first-order chi connectivity index (χ1) is 15.3. The first-order valence-corrected chi connectivity index (χ1v) is 11.0. The summed E-state index contributed by atoms with van der Waals surface area (Å²) in [5, 5.41) is 23.5. The van der Waals surface area contributed by atoms with Gasteiger partial charge in [-0.15, -0.1) is 0 Å². The second-order valence-corrected chi connectivity index (χ2v) is 7.61. The van der Waals surface area contributed by atoms with Crippen LogP contribution in [0.4, 0.5) is 0 Å². The van der Waals surface area contributed by atoms with E-state index in [9.17, 15) is 15.1 Å². The van der Waals surface area contributed by atoms with E-state index in [4.69, 9.17) is 25.8 Å². The summed E-state index contributed by atoms with van der Waals surface area (Å²) in [7, 11) is 0. The molecule has 7 nitrogen and oxygen atoms in total. The number of ether oxygens (including phenoxy) is 3. The summed E-state index contributed by atoms with van der Waals surface area (Å²) in [6.45, 7) is 7.72. The average Bonchev–Trinajstić information content (AvgIpc) is 2.76. The van der Waals surface area contributed by atoms with Crippen LogP contribution in [-0.2, 0) is 11.2 Å². The summed E-state index contributed by atoms with van der Waals surface area (Å²) in [5.41, 5.74) is 2.26. The van der Waals surface area contributed by atoms with Crippen LogP contribution in [-0.4, -0.2) is 35.2 Å². The number of phenols is 1. The molecular formula is C24H30ClNO6. The summed E-state index contributed by atoms with van der Waals surface area (Å²) in [6.07, 6.45) is 2.55. The number of esters is 1. The third kappa shape index (κ3) is 6.29. The highest BCUT2D eigenvalue weighted by Gasteiger charge is 2.17. The summed E-state index contributed by atoms with van der Waals surface area (Å²) in [6, 6.07) is 6.80. The molecule has 8 heteroatoms. The largest absolute Gasteiger partial charge is 0.507 e. The molecule has 0 heterocycles. The molecule has 0 spiro atoms. The molecule has 0 aliphatic heterocycles. The van der Waals surface area contributed by atoms with Crippen molar-refractivity contribution >= 4 is 23.3 Å². The Hall–Kier alpha value is -2.93. The van der Waals surface area contributed by atoms with Crippen LogP contribution >= 0.6 is 11.6 Å². The number of halogens is 1. The quantitative estimate of drug-likeness (QED) is 0.111. The van der Waals surface area contributed by atoms with Gasteiger partial charge >= 0.3 is 5.97 Å². The molecule has 2 rings (SSSR count). The molecule has 32 heavy (non-hydrogen) atoms. The second-order valence-electron chi connectivity index (χ2n) is 7.23. The Labute approximate surface area is 193 Å². The topological polar surface area (TPSA) is 97.6 Å². The van der Waals surface area contributed by atoms with Gasteiger partial charge in [0.2, 0.25) is 0 Å². The Balaban J connectivity index is 1.99. The fourth-order valence-corrected chi connectivity index (χ4v) is 3.45. The van der Waals surface area contributed by atoms with Crippen LogP contribution in [0.25, 0.3) is 0 Å². The number of benzene rings is 2. The molecular weight excluding hydrogens is 434 g/mol. The maximum Gasteiger partial charge on any atom is 0.308 e. The van der Waals surface area contributed by atoms with Crippen molar-refractivity contribution in [1.29, 1.82) is 0 Å². The first kappa shape index (κ1) is 25.3. The highest BCUT2D eigenvalue weighted by molar-refractivity contribution is 6.33. The van der Waals surface area contributed by atoms with Gasteiger partial charge < -0.3 is 24.5 Å². The second kappa shape index (κ2) is 12.2. The van der Waals surface area contributed by atoms with Crippen molar-refractivity contribution in [3.8, 4) is 23.0 Å². The Morgan fingerprint density at radius 1 is 1.06 bits per heavy atom.